The minimum Gasteiger partial charge on any atom is -0.283 e. The molecule has 0 atom stereocenters. The van der Waals surface area contributed by atoms with Crippen molar-refractivity contribution in [3.05, 3.63) is 42.2 Å². The van der Waals surface area contributed by atoms with Crippen molar-refractivity contribution in [3.8, 4) is 0 Å². The van der Waals surface area contributed by atoms with E-state index < -0.39 is 15.8 Å². The molecule has 0 aliphatic rings. The third-order valence-corrected chi connectivity index (χ3v) is 2.97. The van der Waals surface area contributed by atoms with Crippen LogP contribution >= 0.6 is 0 Å². The SMILES string of the molecule is C=C(C)CS(=O)(=O)Nc1ccc(F)cc1. The van der Waals surface area contributed by atoms with Gasteiger partial charge in [-0.1, -0.05) is 12.2 Å². The molecule has 0 heterocycles. The maximum atomic E-state index is 12.5. The van der Waals surface area contributed by atoms with Crippen LogP contribution in [-0.4, -0.2) is 14.2 Å². The second-order valence-electron chi connectivity index (χ2n) is 3.33. The fraction of sp³-hybridized carbons (Fsp3) is 0.200. The summed E-state index contributed by atoms with van der Waals surface area (Å²) in [5.41, 5.74) is 0.891. The third-order valence-electron chi connectivity index (χ3n) is 1.55. The standard InChI is InChI=1S/C10H12FNO2S/c1-8(2)7-15(13,14)12-10-5-3-9(11)4-6-10/h3-6,12H,1,7H2,2H3. The topological polar surface area (TPSA) is 46.2 Å². The van der Waals surface area contributed by atoms with E-state index in [0.717, 1.165) is 0 Å². The second-order valence-corrected chi connectivity index (χ2v) is 5.05. The number of sulfonamides is 1. The van der Waals surface area contributed by atoms with Gasteiger partial charge in [0, 0.05) is 5.69 Å². The largest absolute Gasteiger partial charge is 0.283 e. The summed E-state index contributed by atoms with van der Waals surface area (Å²) < 4.78 is 37.7. The van der Waals surface area contributed by atoms with Crippen LogP contribution in [0.15, 0.2) is 36.4 Å². The minimum absolute atomic E-state index is 0.135. The van der Waals surface area contributed by atoms with Crippen LogP contribution in [-0.2, 0) is 10.0 Å². The van der Waals surface area contributed by atoms with E-state index >= 15 is 0 Å². The molecule has 15 heavy (non-hydrogen) atoms. The van der Waals surface area contributed by atoms with E-state index in [1.807, 2.05) is 0 Å². The molecule has 0 aliphatic heterocycles. The van der Waals surface area contributed by atoms with Gasteiger partial charge in [0.15, 0.2) is 0 Å². The molecule has 82 valence electrons. The summed E-state index contributed by atoms with van der Waals surface area (Å²) in [6.07, 6.45) is 0. The van der Waals surface area contributed by atoms with Gasteiger partial charge in [0.05, 0.1) is 5.75 Å². The molecular formula is C10H12FNO2S. The molecule has 3 nitrogen and oxygen atoms in total. The van der Waals surface area contributed by atoms with Crippen LogP contribution in [0.1, 0.15) is 6.92 Å². The second kappa shape index (κ2) is 4.44. The third kappa shape index (κ3) is 4.12. The Morgan fingerprint density at radius 1 is 1.40 bits per heavy atom. The highest BCUT2D eigenvalue weighted by atomic mass is 32.2. The Hall–Kier alpha value is -1.36. The highest BCUT2D eigenvalue weighted by molar-refractivity contribution is 7.92. The Labute approximate surface area is 88.7 Å². The van der Waals surface area contributed by atoms with E-state index in [0.29, 0.717) is 11.3 Å². The van der Waals surface area contributed by atoms with Gasteiger partial charge in [-0.25, -0.2) is 12.8 Å². The molecular weight excluding hydrogens is 217 g/mol. The lowest BCUT2D eigenvalue weighted by Gasteiger charge is -2.07. The lowest BCUT2D eigenvalue weighted by molar-refractivity contribution is 0.603. The van der Waals surface area contributed by atoms with Gasteiger partial charge < -0.3 is 0 Å². The quantitative estimate of drug-likeness (QED) is 0.804. The summed E-state index contributed by atoms with van der Waals surface area (Å²) >= 11 is 0. The first-order valence-electron chi connectivity index (χ1n) is 4.29. The van der Waals surface area contributed by atoms with Gasteiger partial charge in [-0.3, -0.25) is 4.72 Å². The average Bonchev–Trinajstić information content (AvgIpc) is 2.06. The van der Waals surface area contributed by atoms with Gasteiger partial charge >= 0.3 is 0 Å². The van der Waals surface area contributed by atoms with Gasteiger partial charge in [-0.2, -0.15) is 0 Å². The van der Waals surface area contributed by atoms with Crippen molar-refractivity contribution >= 4 is 15.7 Å². The normalized spacial score (nSPS) is 11.1. The van der Waals surface area contributed by atoms with Gasteiger partial charge in [-0.05, 0) is 31.2 Å². The van der Waals surface area contributed by atoms with Gasteiger partial charge in [-0.15, -0.1) is 0 Å². The number of rotatable bonds is 4. The summed E-state index contributed by atoms with van der Waals surface area (Å²) in [4.78, 5) is 0. The first kappa shape index (κ1) is 11.7. The van der Waals surface area contributed by atoms with Gasteiger partial charge in [0.25, 0.3) is 0 Å². The van der Waals surface area contributed by atoms with E-state index in [2.05, 4.69) is 11.3 Å². The van der Waals surface area contributed by atoms with E-state index in [1.54, 1.807) is 6.92 Å². The van der Waals surface area contributed by atoms with Crippen molar-refractivity contribution in [1.82, 2.24) is 0 Å². The highest BCUT2D eigenvalue weighted by Crippen LogP contribution is 2.11. The Bertz CT molecular complexity index is 451. The zero-order valence-corrected chi connectivity index (χ0v) is 9.14. The lowest BCUT2D eigenvalue weighted by atomic mass is 10.3. The molecule has 1 N–H and O–H groups in total. The highest BCUT2D eigenvalue weighted by Gasteiger charge is 2.09. The van der Waals surface area contributed by atoms with Crippen molar-refractivity contribution in [2.75, 3.05) is 10.5 Å². The summed E-state index contributed by atoms with van der Waals surface area (Å²) in [6, 6.07) is 5.12. The molecule has 0 amide bonds. The lowest BCUT2D eigenvalue weighted by Crippen LogP contribution is -2.16. The van der Waals surface area contributed by atoms with Gasteiger partial charge in [0.2, 0.25) is 10.0 Å². The molecule has 0 aliphatic carbocycles. The molecule has 0 aromatic heterocycles. The minimum atomic E-state index is -3.42. The van der Waals surface area contributed by atoms with Crippen molar-refractivity contribution in [1.29, 1.82) is 0 Å². The zero-order chi connectivity index (χ0) is 11.5. The van der Waals surface area contributed by atoms with Crippen molar-refractivity contribution in [2.45, 2.75) is 6.92 Å². The molecule has 0 unspecified atom stereocenters. The monoisotopic (exact) mass is 229 g/mol. The number of anilines is 1. The Balaban J connectivity index is 2.78. The summed E-state index contributed by atoms with van der Waals surface area (Å²) in [5.74, 6) is -0.539. The summed E-state index contributed by atoms with van der Waals surface area (Å²) in [6.45, 7) is 5.15. The molecule has 1 rings (SSSR count). The van der Waals surface area contributed by atoms with E-state index in [4.69, 9.17) is 0 Å². The van der Waals surface area contributed by atoms with E-state index in [1.165, 1.54) is 24.3 Å². The predicted molar refractivity (Wildman–Crippen MR) is 58.6 cm³/mol. The van der Waals surface area contributed by atoms with Crippen LogP contribution in [0.5, 0.6) is 0 Å². The molecule has 5 heteroatoms. The van der Waals surface area contributed by atoms with Crippen LogP contribution in [0.2, 0.25) is 0 Å². The number of halogens is 1. The number of nitrogens with one attached hydrogen (secondary N) is 1. The van der Waals surface area contributed by atoms with Crippen molar-refractivity contribution in [3.63, 3.8) is 0 Å². The Morgan fingerprint density at radius 2 is 1.93 bits per heavy atom. The summed E-state index contributed by atoms with van der Waals surface area (Å²) in [7, 11) is -3.42. The molecule has 0 saturated carbocycles. The van der Waals surface area contributed by atoms with Crippen LogP contribution in [0.25, 0.3) is 0 Å². The van der Waals surface area contributed by atoms with Crippen molar-refractivity contribution in [2.24, 2.45) is 0 Å². The molecule has 0 bridgehead atoms. The average molecular weight is 229 g/mol. The first-order chi connectivity index (χ1) is 6.89. The van der Waals surface area contributed by atoms with E-state index in [9.17, 15) is 12.8 Å². The molecule has 0 fully saturated rings. The van der Waals surface area contributed by atoms with Crippen LogP contribution in [0.4, 0.5) is 10.1 Å². The van der Waals surface area contributed by atoms with Crippen LogP contribution in [0.3, 0.4) is 0 Å². The van der Waals surface area contributed by atoms with Gasteiger partial charge in [0.1, 0.15) is 5.82 Å². The Morgan fingerprint density at radius 3 is 2.40 bits per heavy atom. The zero-order valence-electron chi connectivity index (χ0n) is 8.33. The Kier molecular flexibility index (Phi) is 3.47. The molecule has 0 radical (unpaired) electrons. The fourth-order valence-electron chi connectivity index (χ4n) is 1.06. The molecule has 0 saturated heterocycles. The number of benzene rings is 1. The molecule has 1 aromatic carbocycles. The predicted octanol–water partition coefficient (Wildman–Crippen LogP) is 2.14. The first-order valence-corrected chi connectivity index (χ1v) is 5.95. The number of hydrogen-bond donors (Lipinski definition) is 1. The molecule has 0 spiro atoms. The maximum Gasteiger partial charge on any atom is 0.236 e. The summed E-state index contributed by atoms with van der Waals surface area (Å²) in [5, 5.41) is 0. The fourth-order valence-corrected chi connectivity index (χ4v) is 2.27. The maximum absolute atomic E-state index is 12.5. The van der Waals surface area contributed by atoms with Crippen molar-refractivity contribution < 1.29 is 12.8 Å². The molecule has 1 aromatic rings. The van der Waals surface area contributed by atoms with E-state index in [-0.39, 0.29) is 5.75 Å². The smallest absolute Gasteiger partial charge is 0.236 e. The van der Waals surface area contributed by atoms with Crippen LogP contribution in [0, 0.1) is 5.82 Å². The van der Waals surface area contributed by atoms with Crippen LogP contribution < -0.4 is 4.72 Å². The number of hydrogen-bond acceptors (Lipinski definition) is 2.